The number of hydrogen-bond acceptors (Lipinski definition) is 1. The standard InChI is InChI=1S/C13H18BrClO/c1-10(6-7-16-2)13(9-15)11-4-3-5-12(14)8-11/h3-5,8,10,13H,6-7,9H2,1-2H3. The first-order valence-electron chi connectivity index (χ1n) is 5.49. The molecule has 1 aromatic rings. The van der Waals surface area contributed by atoms with Gasteiger partial charge in [0.1, 0.15) is 0 Å². The highest BCUT2D eigenvalue weighted by atomic mass is 79.9. The lowest BCUT2D eigenvalue weighted by Crippen LogP contribution is -2.13. The van der Waals surface area contributed by atoms with Gasteiger partial charge in [-0.2, -0.15) is 0 Å². The lowest BCUT2D eigenvalue weighted by atomic mass is 9.87. The van der Waals surface area contributed by atoms with Crippen molar-refractivity contribution >= 4 is 27.5 Å². The van der Waals surface area contributed by atoms with Crippen LogP contribution in [-0.2, 0) is 4.74 Å². The predicted octanol–water partition coefficient (Wildman–Crippen LogP) is 4.44. The van der Waals surface area contributed by atoms with Crippen LogP contribution in [-0.4, -0.2) is 19.6 Å². The molecular weight excluding hydrogens is 287 g/mol. The van der Waals surface area contributed by atoms with Gasteiger partial charge in [-0.3, -0.25) is 0 Å². The van der Waals surface area contributed by atoms with E-state index in [2.05, 4.69) is 41.1 Å². The second-order valence-electron chi connectivity index (χ2n) is 4.07. The Labute approximate surface area is 111 Å². The van der Waals surface area contributed by atoms with Gasteiger partial charge >= 0.3 is 0 Å². The zero-order valence-electron chi connectivity index (χ0n) is 9.75. The fourth-order valence-electron chi connectivity index (χ4n) is 1.81. The molecule has 0 heterocycles. The van der Waals surface area contributed by atoms with Crippen molar-refractivity contribution in [1.29, 1.82) is 0 Å². The Morgan fingerprint density at radius 2 is 2.19 bits per heavy atom. The Morgan fingerprint density at radius 1 is 1.44 bits per heavy atom. The fraction of sp³-hybridized carbons (Fsp3) is 0.538. The number of halogens is 2. The third-order valence-electron chi connectivity index (χ3n) is 2.91. The molecule has 0 radical (unpaired) electrons. The van der Waals surface area contributed by atoms with E-state index in [1.54, 1.807) is 7.11 Å². The summed E-state index contributed by atoms with van der Waals surface area (Å²) in [5.74, 6) is 1.59. The molecule has 0 spiro atoms. The number of methoxy groups -OCH3 is 1. The maximum Gasteiger partial charge on any atom is 0.0465 e. The molecule has 0 N–H and O–H groups in total. The van der Waals surface area contributed by atoms with Gasteiger partial charge < -0.3 is 4.74 Å². The van der Waals surface area contributed by atoms with Crippen LogP contribution in [0.25, 0.3) is 0 Å². The normalized spacial score (nSPS) is 14.8. The van der Waals surface area contributed by atoms with E-state index in [4.69, 9.17) is 16.3 Å². The Bertz CT molecular complexity index is 317. The maximum absolute atomic E-state index is 6.07. The first-order chi connectivity index (χ1) is 7.69. The average molecular weight is 306 g/mol. The smallest absolute Gasteiger partial charge is 0.0465 e. The summed E-state index contributed by atoms with van der Waals surface area (Å²) in [6, 6.07) is 8.38. The van der Waals surface area contributed by atoms with Crippen LogP contribution in [0.15, 0.2) is 28.7 Å². The van der Waals surface area contributed by atoms with Crippen molar-refractivity contribution in [2.75, 3.05) is 19.6 Å². The summed E-state index contributed by atoms with van der Waals surface area (Å²) < 4.78 is 6.22. The summed E-state index contributed by atoms with van der Waals surface area (Å²) in [7, 11) is 1.74. The molecule has 90 valence electrons. The Balaban J connectivity index is 2.73. The third-order valence-corrected chi connectivity index (χ3v) is 3.73. The van der Waals surface area contributed by atoms with Crippen LogP contribution >= 0.6 is 27.5 Å². The van der Waals surface area contributed by atoms with Crippen molar-refractivity contribution in [3.63, 3.8) is 0 Å². The van der Waals surface area contributed by atoms with Crippen LogP contribution in [0.3, 0.4) is 0 Å². The summed E-state index contributed by atoms with van der Waals surface area (Å²) in [6.45, 7) is 3.02. The first kappa shape index (κ1) is 14.0. The molecule has 1 aromatic carbocycles. The van der Waals surface area contributed by atoms with E-state index in [1.165, 1.54) is 5.56 Å². The lowest BCUT2D eigenvalue weighted by molar-refractivity contribution is 0.176. The van der Waals surface area contributed by atoms with Gasteiger partial charge in [0.25, 0.3) is 0 Å². The van der Waals surface area contributed by atoms with Crippen molar-refractivity contribution in [3.05, 3.63) is 34.3 Å². The number of rotatable bonds is 6. The van der Waals surface area contributed by atoms with E-state index in [1.807, 2.05) is 6.07 Å². The summed E-state index contributed by atoms with van der Waals surface area (Å²) in [6.07, 6.45) is 1.04. The molecule has 0 bridgehead atoms. The van der Waals surface area contributed by atoms with Crippen molar-refractivity contribution in [2.24, 2.45) is 5.92 Å². The molecule has 16 heavy (non-hydrogen) atoms. The topological polar surface area (TPSA) is 9.23 Å². The van der Waals surface area contributed by atoms with Crippen molar-refractivity contribution < 1.29 is 4.74 Å². The maximum atomic E-state index is 6.07. The molecule has 0 saturated heterocycles. The summed E-state index contributed by atoms with van der Waals surface area (Å²) in [5.41, 5.74) is 1.30. The van der Waals surface area contributed by atoms with E-state index in [0.717, 1.165) is 17.5 Å². The fourth-order valence-corrected chi connectivity index (χ4v) is 2.71. The van der Waals surface area contributed by atoms with Crippen LogP contribution in [0.5, 0.6) is 0 Å². The Morgan fingerprint density at radius 3 is 2.75 bits per heavy atom. The van der Waals surface area contributed by atoms with Gasteiger partial charge in [0.2, 0.25) is 0 Å². The van der Waals surface area contributed by atoms with E-state index >= 15 is 0 Å². The summed E-state index contributed by atoms with van der Waals surface area (Å²) in [5, 5.41) is 0. The lowest BCUT2D eigenvalue weighted by Gasteiger charge is -2.22. The second-order valence-corrected chi connectivity index (χ2v) is 5.30. The van der Waals surface area contributed by atoms with Crippen LogP contribution in [0.1, 0.15) is 24.8 Å². The molecule has 0 aliphatic carbocycles. The van der Waals surface area contributed by atoms with Gasteiger partial charge in [-0.05, 0) is 30.0 Å². The molecule has 0 fully saturated rings. The molecule has 0 aromatic heterocycles. The van der Waals surface area contributed by atoms with Gasteiger partial charge in [-0.25, -0.2) is 0 Å². The quantitative estimate of drug-likeness (QED) is 0.706. The largest absolute Gasteiger partial charge is 0.385 e. The first-order valence-corrected chi connectivity index (χ1v) is 6.82. The molecule has 2 unspecified atom stereocenters. The van der Waals surface area contributed by atoms with Crippen LogP contribution in [0.2, 0.25) is 0 Å². The SMILES string of the molecule is COCCC(C)C(CCl)c1cccc(Br)c1. The summed E-state index contributed by atoms with van der Waals surface area (Å²) in [4.78, 5) is 0. The molecule has 0 saturated carbocycles. The molecule has 0 amide bonds. The van der Waals surface area contributed by atoms with Gasteiger partial charge in [-0.15, -0.1) is 11.6 Å². The van der Waals surface area contributed by atoms with Crippen LogP contribution in [0, 0.1) is 5.92 Å². The average Bonchev–Trinajstić information content (AvgIpc) is 2.27. The highest BCUT2D eigenvalue weighted by Gasteiger charge is 2.18. The zero-order valence-corrected chi connectivity index (χ0v) is 12.1. The minimum Gasteiger partial charge on any atom is -0.385 e. The number of benzene rings is 1. The Hall–Kier alpha value is -0.0500. The third kappa shape index (κ3) is 4.08. The van der Waals surface area contributed by atoms with Crippen LogP contribution < -0.4 is 0 Å². The van der Waals surface area contributed by atoms with Crippen molar-refractivity contribution in [1.82, 2.24) is 0 Å². The van der Waals surface area contributed by atoms with Gasteiger partial charge in [-0.1, -0.05) is 35.0 Å². The molecule has 1 rings (SSSR count). The van der Waals surface area contributed by atoms with Gasteiger partial charge in [0.15, 0.2) is 0 Å². The van der Waals surface area contributed by atoms with Crippen molar-refractivity contribution in [2.45, 2.75) is 19.3 Å². The molecular formula is C13H18BrClO. The van der Waals surface area contributed by atoms with E-state index < -0.39 is 0 Å². The van der Waals surface area contributed by atoms with E-state index in [9.17, 15) is 0 Å². The van der Waals surface area contributed by atoms with Crippen LogP contribution in [0.4, 0.5) is 0 Å². The van der Waals surface area contributed by atoms with Gasteiger partial charge in [0.05, 0.1) is 0 Å². The Kier molecular flexibility index (Phi) is 6.40. The van der Waals surface area contributed by atoms with E-state index in [0.29, 0.717) is 17.7 Å². The molecule has 0 aliphatic heterocycles. The number of alkyl halides is 1. The van der Waals surface area contributed by atoms with Gasteiger partial charge in [0, 0.05) is 30.0 Å². The van der Waals surface area contributed by atoms with E-state index in [-0.39, 0.29) is 0 Å². The van der Waals surface area contributed by atoms with Crippen molar-refractivity contribution in [3.8, 4) is 0 Å². The molecule has 0 aliphatic rings. The monoisotopic (exact) mass is 304 g/mol. The minimum atomic E-state index is 0.398. The molecule has 2 atom stereocenters. The molecule has 3 heteroatoms. The highest BCUT2D eigenvalue weighted by Crippen LogP contribution is 2.29. The summed E-state index contributed by atoms with van der Waals surface area (Å²) >= 11 is 9.57. The predicted molar refractivity (Wildman–Crippen MR) is 73.3 cm³/mol. The number of hydrogen-bond donors (Lipinski definition) is 0. The zero-order chi connectivity index (χ0) is 12.0. The minimum absolute atomic E-state index is 0.398. The highest BCUT2D eigenvalue weighted by molar-refractivity contribution is 9.10. The number of ether oxygens (including phenoxy) is 1. The molecule has 1 nitrogen and oxygen atoms in total. The second kappa shape index (κ2) is 7.31.